The van der Waals surface area contributed by atoms with E-state index in [4.69, 9.17) is 18.9 Å². The summed E-state index contributed by atoms with van der Waals surface area (Å²) >= 11 is 0. The molecule has 208 valence electrons. The lowest BCUT2D eigenvalue weighted by atomic mass is 9.80. The lowest BCUT2D eigenvalue weighted by Crippen LogP contribution is -2.64. The fourth-order valence-corrected chi connectivity index (χ4v) is 4.75. The first kappa shape index (κ1) is 30.8. The van der Waals surface area contributed by atoms with Gasteiger partial charge in [0.25, 0.3) is 0 Å². The zero-order valence-corrected chi connectivity index (χ0v) is 22.0. The fraction of sp³-hybridized carbons (Fsp3) is 1.00. The zero-order chi connectivity index (χ0) is 26.6. The number of hydrogen-bond donors (Lipinski definition) is 6. The molecule has 0 spiro atoms. The molecule has 1 heterocycles. The lowest BCUT2D eigenvalue weighted by molar-refractivity contribution is -0.344. The van der Waals surface area contributed by atoms with Crippen LogP contribution in [0.2, 0.25) is 0 Å². The minimum Gasteiger partial charge on any atom is -0.396 e. The maximum Gasteiger partial charge on any atom is 0.187 e. The van der Waals surface area contributed by atoms with Gasteiger partial charge in [-0.15, -0.1) is 0 Å². The van der Waals surface area contributed by atoms with E-state index in [0.29, 0.717) is 25.7 Å². The van der Waals surface area contributed by atoms with Gasteiger partial charge in [0.2, 0.25) is 0 Å². The third-order valence-corrected chi connectivity index (χ3v) is 8.26. The van der Waals surface area contributed by atoms with Crippen molar-refractivity contribution in [1.29, 1.82) is 0 Å². The summed E-state index contributed by atoms with van der Waals surface area (Å²) < 4.78 is 23.9. The lowest BCUT2D eigenvalue weighted by Gasteiger charge is -2.49. The molecule has 6 N–H and O–H groups in total. The van der Waals surface area contributed by atoms with Crippen LogP contribution in [0.25, 0.3) is 0 Å². The van der Waals surface area contributed by atoms with Crippen molar-refractivity contribution in [2.45, 2.75) is 140 Å². The largest absolute Gasteiger partial charge is 0.396 e. The molecule has 35 heavy (non-hydrogen) atoms. The van der Waals surface area contributed by atoms with Gasteiger partial charge in [0.15, 0.2) is 6.29 Å². The molecular formula is C25H48O10. The molecule has 0 radical (unpaired) electrons. The van der Waals surface area contributed by atoms with Gasteiger partial charge >= 0.3 is 0 Å². The highest BCUT2D eigenvalue weighted by Crippen LogP contribution is 2.37. The molecule has 1 saturated heterocycles. The molecule has 0 aromatic heterocycles. The SMILES string of the molecule is CCC(C)(CC)OC1CC(CO)C(OC2OC(CO)C(OC(C)(CC)CC)C(O)C2O)C(O)C1O. The Bertz CT molecular complexity index is 621. The summed E-state index contributed by atoms with van der Waals surface area (Å²) in [5.41, 5.74) is -1.07. The number of aliphatic hydroxyl groups excluding tert-OH is 6. The molecular weight excluding hydrogens is 460 g/mol. The molecule has 2 fully saturated rings. The molecule has 2 aliphatic rings. The monoisotopic (exact) mass is 508 g/mol. The Morgan fingerprint density at radius 1 is 0.714 bits per heavy atom. The summed E-state index contributed by atoms with van der Waals surface area (Å²) in [5.74, 6) is -0.616. The third kappa shape index (κ3) is 6.93. The van der Waals surface area contributed by atoms with Crippen LogP contribution in [0.1, 0.15) is 73.6 Å². The topological polar surface area (TPSA) is 158 Å². The normalized spacial score (nSPS) is 39.1. The van der Waals surface area contributed by atoms with E-state index in [9.17, 15) is 30.6 Å². The predicted molar refractivity (Wildman–Crippen MR) is 128 cm³/mol. The van der Waals surface area contributed by atoms with Crippen LogP contribution < -0.4 is 0 Å². The van der Waals surface area contributed by atoms with Gasteiger partial charge in [0.1, 0.15) is 36.6 Å². The minimum absolute atomic E-state index is 0.223. The van der Waals surface area contributed by atoms with E-state index in [0.717, 1.165) is 0 Å². The van der Waals surface area contributed by atoms with E-state index in [1.165, 1.54) is 0 Å². The molecule has 0 aromatic carbocycles. The van der Waals surface area contributed by atoms with Gasteiger partial charge in [-0.2, -0.15) is 0 Å². The second-order valence-corrected chi connectivity index (χ2v) is 10.5. The quantitative estimate of drug-likeness (QED) is 0.219. The molecule has 10 heteroatoms. The smallest absolute Gasteiger partial charge is 0.187 e. The van der Waals surface area contributed by atoms with E-state index in [1.54, 1.807) is 0 Å². The van der Waals surface area contributed by atoms with Crippen molar-refractivity contribution >= 4 is 0 Å². The summed E-state index contributed by atoms with van der Waals surface area (Å²) in [7, 11) is 0. The number of ether oxygens (including phenoxy) is 4. The summed E-state index contributed by atoms with van der Waals surface area (Å²) in [6.45, 7) is 10.8. The van der Waals surface area contributed by atoms with Gasteiger partial charge in [-0.25, -0.2) is 0 Å². The van der Waals surface area contributed by atoms with E-state index >= 15 is 0 Å². The first-order valence-electron chi connectivity index (χ1n) is 13.0. The molecule has 2 rings (SSSR count). The molecule has 10 atom stereocenters. The van der Waals surface area contributed by atoms with Gasteiger partial charge in [-0.1, -0.05) is 27.7 Å². The number of hydrogen-bond acceptors (Lipinski definition) is 10. The number of aliphatic hydroxyl groups is 6. The maximum absolute atomic E-state index is 10.9. The van der Waals surface area contributed by atoms with Crippen molar-refractivity contribution in [2.24, 2.45) is 5.92 Å². The zero-order valence-electron chi connectivity index (χ0n) is 22.0. The van der Waals surface area contributed by atoms with Gasteiger partial charge < -0.3 is 49.6 Å². The fourth-order valence-electron chi connectivity index (χ4n) is 4.75. The van der Waals surface area contributed by atoms with Crippen LogP contribution >= 0.6 is 0 Å². The average Bonchev–Trinajstić information content (AvgIpc) is 2.87. The first-order valence-corrected chi connectivity index (χ1v) is 13.0. The van der Waals surface area contributed by atoms with Gasteiger partial charge in [-0.05, 0) is 46.0 Å². The van der Waals surface area contributed by atoms with Crippen LogP contribution in [-0.4, -0.2) is 110 Å². The first-order chi connectivity index (χ1) is 16.4. The Kier molecular flexibility index (Phi) is 11.4. The molecule has 10 nitrogen and oxygen atoms in total. The van der Waals surface area contributed by atoms with Crippen molar-refractivity contribution < 1.29 is 49.6 Å². The van der Waals surface area contributed by atoms with Crippen LogP contribution in [0.5, 0.6) is 0 Å². The Balaban J connectivity index is 2.16. The molecule has 1 aliphatic carbocycles. The van der Waals surface area contributed by atoms with Crippen LogP contribution in [-0.2, 0) is 18.9 Å². The molecule has 0 amide bonds. The Hall–Kier alpha value is -0.400. The summed E-state index contributed by atoms with van der Waals surface area (Å²) in [4.78, 5) is 0. The molecule has 0 bridgehead atoms. The van der Waals surface area contributed by atoms with Crippen LogP contribution in [0.3, 0.4) is 0 Å². The van der Waals surface area contributed by atoms with Crippen LogP contribution in [0, 0.1) is 5.92 Å². The Morgan fingerprint density at radius 3 is 1.71 bits per heavy atom. The standard InChI is InChI=1S/C25H48O10/c1-7-24(5,8-2)34-15-11-14(12-26)21(18(29)17(15)28)33-23-20(31)19(30)22(16(13-27)32-23)35-25(6,9-3)10-4/h14-23,26-31H,7-13H2,1-6H3. The highest BCUT2D eigenvalue weighted by molar-refractivity contribution is 4.98. The van der Waals surface area contributed by atoms with E-state index in [2.05, 4.69) is 0 Å². The van der Waals surface area contributed by atoms with Crippen molar-refractivity contribution in [3.05, 3.63) is 0 Å². The van der Waals surface area contributed by atoms with Crippen LogP contribution in [0.4, 0.5) is 0 Å². The van der Waals surface area contributed by atoms with Crippen molar-refractivity contribution in [2.75, 3.05) is 13.2 Å². The van der Waals surface area contributed by atoms with E-state index in [-0.39, 0.29) is 13.0 Å². The van der Waals surface area contributed by atoms with Gasteiger partial charge in [-0.3, -0.25) is 0 Å². The van der Waals surface area contributed by atoms with Crippen molar-refractivity contribution in [1.82, 2.24) is 0 Å². The van der Waals surface area contributed by atoms with Crippen LogP contribution in [0.15, 0.2) is 0 Å². The third-order valence-electron chi connectivity index (χ3n) is 8.26. The number of rotatable bonds is 12. The van der Waals surface area contributed by atoms with Crippen molar-refractivity contribution in [3.8, 4) is 0 Å². The van der Waals surface area contributed by atoms with E-state index in [1.807, 2.05) is 41.5 Å². The van der Waals surface area contributed by atoms with E-state index < -0.39 is 78.8 Å². The molecule has 0 aromatic rings. The molecule has 1 saturated carbocycles. The second-order valence-electron chi connectivity index (χ2n) is 10.5. The Morgan fingerprint density at radius 2 is 1.23 bits per heavy atom. The van der Waals surface area contributed by atoms with Crippen molar-refractivity contribution in [3.63, 3.8) is 0 Å². The van der Waals surface area contributed by atoms with Gasteiger partial charge in [0, 0.05) is 12.5 Å². The highest BCUT2D eigenvalue weighted by atomic mass is 16.7. The summed E-state index contributed by atoms with van der Waals surface area (Å²) in [6.07, 6.45) is -7.90. The molecule has 1 aliphatic heterocycles. The Labute approximate surface area is 209 Å². The molecule has 10 unspecified atom stereocenters. The maximum atomic E-state index is 10.9. The minimum atomic E-state index is -1.54. The average molecular weight is 509 g/mol. The highest BCUT2D eigenvalue weighted by Gasteiger charge is 2.52. The predicted octanol–water partition coefficient (Wildman–Crippen LogP) is 0.472. The second kappa shape index (κ2) is 12.9. The summed E-state index contributed by atoms with van der Waals surface area (Å²) in [6, 6.07) is 0. The van der Waals surface area contributed by atoms with Gasteiger partial charge in [0.05, 0.1) is 30.0 Å². The summed E-state index contributed by atoms with van der Waals surface area (Å²) in [5, 5.41) is 63.2.